The second kappa shape index (κ2) is 5.12. The maximum absolute atomic E-state index is 10.5. The Morgan fingerprint density at radius 3 is 2.74 bits per heavy atom. The highest BCUT2D eigenvalue weighted by Gasteiger charge is 2.57. The average Bonchev–Trinajstić information content (AvgIpc) is 2.78. The molecule has 1 unspecified atom stereocenters. The Kier molecular flexibility index (Phi) is 3.40. The molecule has 4 rings (SSSR count). The molecule has 1 aromatic rings. The van der Waals surface area contributed by atoms with Crippen LogP contribution in [0.2, 0.25) is 0 Å². The van der Waals surface area contributed by atoms with Gasteiger partial charge >= 0.3 is 0 Å². The summed E-state index contributed by atoms with van der Waals surface area (Å²) in [6.07, 6.45) is 3.44. The highest BCUT2D eigenvalue weighted by Crippen LogP contribution is 2.61. The second-order valence-corrected chi connectivity index (χ2v) is 7.89. The lowest BCUT2D eigenvalue weighted by molar-refractivity contribution is -0.0506. The molecule has 3 aliphatic rings. The summed E-state index contributed by atoms with van der Waals surface area (Å²) in [4.78, 5) is 0. The lowest BCUT2D eigenvalue weighted by Crippen LogP contribution is -2.44. The summed E-state index contributed by atoms with van der Waals surface area (Å²) in [5, 5.41) is 30.7. The molecule has 0 bridgehead atoms. The molecule has 23 heavy (non-hydrogen) atoms. The van der Waals surface area contributed by atoms with Crippen LogP contribution < -0.4 is 4.74 Å². The number of benzene rings is 1. The predicted octanol–water partition coefficient (Wildman–Crippen LogP) is 2.59. The summed E-state index contributed by atoms with van der Waals surface area (Å²) >= 11 is 0. The topological polar surface area (TPSA) is 69.9 Å². The lowest BCUT2D eigenvalue weighted by Gasteiger charge is -2.50. The van der Waals surface area contributed by atoms with E-state index in [1.807, 2.05) is 0 Å². The van der Waals surface area contributed by atoms with Crippen LogP contribution in [-0.2, 0) is 6.42 Å². The van der Waals surface area contributed by atoms with Crippen LogP contribution in [0, 0.1) is 17.3 Å². The van der Waals surface area contributed by atoms with E-state index in [0.717, 1.165) is 31.2 Å². The number of hydrogen-bond donors (Lipinski definition) is 3. The molecular weight excluding hydrogens is 292 g/mol. The van der Waals surface area contributed by atoms with Gasteiger partial charge in [0.2, 0.25) is 0 Å². The summed E-state index contributed by atoms with van der Waals surface area (Å²) in [5.74, 6) is 2.17. The number of fused-ring (bicyclic) bond motifs is 5. The van der Waals surface area contributed by atoms with Gasteiger partial charge in [0, 0.05) is 5.56 Å². The molecule has 126 valence electrons. The number of rotatable bonds is 1. The van der Waals surface area contributed by atoms with E-state index in [2.05, 4.69) is 13.0 Å². The highest BCUT2D eigenvalue weighted by molar-refractivity contribution is 5.52. The third kappa shape index (κ3) is 1.97. The van der Waals surface area contributed by atoms with Crippen LogP contribution in [0.4, 0.5) is 0 Å². The molecule has 0 aromatic heterocycles. The third-order valence-corrected chi connectivity index (χ3v) is 7.02. The molecule has 0 radical (unpaired) electrons. The van der Waals surface area contributed by atoms with Crippen molar-refractivity contribution in [2.45, 2.75) is 57.2 Å². The first-order chi connectivity index (χ1) is 11.0. The number of ether oxygens (including phenoxy) is 1. The zero-order chi connectivity index (χ0) is 16.4. The van der Waals surface area contributed by atoms with E-state index in [4.69, 9.17) is 4.74 Å². The molecule has 0 saturated heterocycles. The quantitative estimate of drug-likeness (QED) is 0.744. The number of phenolic OH excluding ortho intramolecular Hbond substituents is 1. The standard InChI is InChI=1S/C19H26O4/c1-19-8-7-11-10-5-6-15(20)17(23-2)13(10)4-3-12(11)14(19)9-16(21)18(19)22/h5-6,11-12,14,16,18,20-22H,3-4,7-9H2,1-2H3/t11-,12-,14+,16?,18+,19+/m1/s1. The molecule has 0 heterocycles. The van der Waals surface area contributed by atoms with E-state index >= 15 is 0 Å². The molecule has 3 N–H and O–H groups in total. The number of aromatic hydroxyl groups is 1. The fourth-order valence-electron chi connectivity index (χ4n) is 5.84. The highest BCUT2D eigenvalue weighted by atomic mass is 16.5. The van der Waals surface area contributed by atoms with Gasteiger partial charge in [-0.2, -0.15) is 0 Å². The molecule has 6 atom stereocenters. The summed E-state index contributed by atoms with van der Waals surface area (Å²) in [6.45, 7) is 2.15. The van der Waals surface area contributed by atoms with Crippen LogP contribution in [-0.4, -0.2) is 34.6 Å². The largest absolute Gasteiger partial charge is 0.504 e. The molecule has 0 amide bonds. The molecular formula is C19H26O4. The van der Waals surface area contributed by atoms with Crippen LogP contribution in [0.1, 0.15) is 49.7 Å². The van der Waals surface area contributed by atoms with Crippen molar-refractivity contribution >= 4 is 0 Å². The van der Waals surface area contributed by atoms with Crippen molar-refractivity contribution in [1.82, 2.24) is 0 Å². The van der Waals surface area contributed by atoms with Gasteiger partial charge in [-0.3, -0.25) is 0 Å². The van der Waals surface area contributed by atoms with E-state index in [9.17, 15) is 15.3 Å². The van der Waals surface area contributed by atoms with Crippen LogP contribution in [0.25, 0.3) is 0 Å². The van der Waals surface area contributed by atoms with Crippen LogP contribution >= 0.6 is 0 Å². The average molecular weight is 318 g/mol. The molecule has 2 fully saturated rings. The van der Waals surface area contributed by atoms with Gasteiger partial charge in [0.15, 0.2) is 11.5 Å². The number of methoxy groups -OCH3 is 1. The molecule has 1 aromatic carbocycles. The molecule has 4 nitrogen and oxygen atoms in total. The number of aliphatic hydroxyl groups excluding tert-OH is 2. The van der Waals surface area contributed by atoms with Gasteiger partial charge in [-0.1, -0.05) is 13.0 Å². The number of hydrogen-bond acceptors (Lipinski definition) is 4. The molecule has 3 aliphatic carbocycles. The molecule has 0 spiro atoms. The van der Waals surface area contributed by atoms with Crippen LogP contribution in [0.3, 0.4) is 0 Å². The third-order valence-electron chi connectivity index (χ3n) is 7.02. The first-order valence-corrected chi connectivity index (χ1v) is 8.72. The Bertz CT molecular complexity index is 628. The Hall–Kier alpha value is -1.26. The van der Waals surface area contributed by atoms with Gasteiger partial charge in [0.1, 0.15) is 0 Å². The van der Waals surface area contributed by atoms with Gasteiger partial charge in [0.05, 0.1) is 19.3 Å². The van der Waals surface area contributed by atoms with E-state index in [0.29, 0.717) is 29.9 Å². The monoisotopic (exact) mass is 318 g/mol. The van der Waals surface area contributed by atoms with E-state index < -0.39 is 12.2 Å². The maximum Gasteiger partial charge on any atom is 0.163 e. The van der Waals surface area contributed by atoms with Gasteiger partial charge in [-0.15, -0.1) is 0 Å². The fourth-order valence-corrected chi connectivity index (χ4v) is 5.84. The molecule has 0 aliphatic heterocycles. The van der Waals surface area contributed by atoms with E-state index in [1.165, 1.54) is 5.56 Å². The smallest absolute Gasteiger partial charge is 0.163 e. The van der Waals surface area contributed by atoms with Crippen molar-refractivity contribution in [2.24, 2.45) is 17.3 Å². The Balaban J connectivity index is 1.73. The molecule has 2 saturated carbocycles. The summed E-state index contributed by atoms with van der Waals surface area (Å²) in [7, 11) is 1.61. The normalized spacial score (nSPS) is 41.8. The first-order valence-electron chi connectivity index (χ1n) is 8.72. The zero-order valence-corrected chi connectivity index (χ0v) is 13.8. The lowest BCUT2D eigenvalue weighted by atomic mass is 9.55. The zero-order valence-electron chi connectivity index (χ0n) is 13.8. The van der Waals surface area contributed by atoms with Crippen molar-refractivity contribution in [3.05, 3.63) is 23.3 Å². The maximum atomic E-state index is 10.5. The van der Waals surface area contributed by atoms with Crippen LogP contribution in [0.15, 0.2) is 12.1 Å². The van der Waals surface area contributed by atoms with Crippen LogP contribution in [0.5, 0.6) is 11.5 Å². The van der Waals surface area contributed by atoms with Gasteiger partial charge in [-0.25, -0.2) is 0 Å². The SMILES string of the molecule is COc1c(O)ccc2c1CC[C@@H]1[C@@H]2CC[C@]2(C)[C@@H](O)C(O)C[C@@H]12. The predicted molar refractivity (Wildman–Crippen MR) is 86.7 cm³/mol. The molecule has 4 heteroatoms. The number of aliphatic hydroxyl groups is 2. The number of phenols is 1. The van der Waals surface area contributed by atoms with Crippen molar-refractivity contribution in [3.63, 3.8) is 0 Å². The summed E-state index contributed by atoms with van der Waals surface area (Å²) in [6, 6.07) is 3.79. The first kappa shape index (κ1) is 15.3. The minimum atomic E-state index is -0.593. The van der Waals surface area contributed by atoms with Gasteiger partial charge in [-0.05, 0) is 66.9 Å². The van der Waals surface area contributed by atoms with Gasteiger partial charge in [0.25, 0.3) is 0 Å². The Morgan fingerprint density at radius 2 is 2.00 bits per heavy atom. The Morgan fingerprint density at radius 1 is 1.22 bits per heavy atom. The summed E-state index contributed by atoms with van der Waals surface area (Å²) in [5.41, 5.74) is 2.30. The summed E-state index contributed by atoms with van der Waals surface area (Å²) < 4.78 is 5.43. The van der Waals surface area contributed by atoms with Crippen molar-refractivity contribution in [1.29, 1.82) is 0 Å². The minimum Gasteiger partial charge on any atom is -0.504 e. The van der Waals surface area contributed by atoms with E-state index in [-0.39, 0.29) is 11.2 Å². The van der Waals surface area contributed by atoms with Crippen molar-refractivity contribution in [2.75, 3.05) is 7.11 Å². The van der Waals surface area contributed by atoms with Crippen molar-refractivity contribution < 1.29 is 20.1 Å². The Labute approximate surface area is 137 Å². The fraction of sp³-hybridized carbons (Fsp3) is 0.684. The van der Waals surface area contributed by atoms with Crippen molar-refractivity contribution in [3.8, 4) is 11.5 Å². The minimum absolute atomic E-state index is 0.154. The van der Waals surface area contributed by atoms with Gasteiger partial charge < -0.3 is 20.1 Å². The van der Waals surface area contributed by atoms with E-state index in [1.54, 1.807) is 13.2 Å². The second-order valence-electron chi connectivity index (χ2n) is 7.89.